The van der Waals surface area contributed by atoms with E-state index < -0.39 is 0 Å². The first-order valence-corrected chi connectivity index (χ1v) is 4.51. The van der Waals surface area contributed by atoms with Gasteiger partial charge >= 0.3 is 0 Å². The van der Waals surface area contributed by atoms with E-state index in [1.54, 1.807) is 0 Å². The first kappa shape index (κ1) is 8.72. The molecule has 1 aromatic heterocycles. The second-order valence-electron chi connectivity index (χ2n) is 4.05. The van der Waals surface area contributed by atoms with Gasteiger partial charge in [-0.1, -0.05) is 6.92 Å². The van der Waals surface area contributed by atoms with Crippen molar-refractivity contribution in [1.29, 1.82) is 0 Å². The van der Waals surface area contributed by atoms with Crippen LogP contribution >= 0.6 is 0 Å². The van der Waals surface area contributed by atoms with Crippen molar-refractivity contribution in [2.45, 2.75) is 20.0 Å². The lowest BCUT2D eigenvalue weighted by atomic mass is 9.89. The third kappa shape index (κ3) is 1.73. The summed E-state index contributed by atoms with van der Waals surface area (Å²) in [7, 11) is 0. The number of ether oxygens (including phenoxy) is 1. The molecule has 4 nitrogen and oxygen atoms in total. The lowest BCUT2D eigenvalue weighted by Gasteiger charge is -2.37. The number of hydrogen-bond acceptors (Lipinski definition) is 3. The molecule has 0 spiro atoms. The summed E-state index contributed by atoms with van der Waals surface area (Å²) in [6.07, 6.45) is 3.83. The van der Waals surface area contributed by atoms with Crippen LogP contribution in [-0.4, -0.2) is 23.0 Å². The zero-order chi connectivity index (χ0) is 9.31. The van der Waals surface area contributed by atoms with Crippen LogP contribution in [0.1, 0.15) is 12.5 Å². The summed E-state index contributed by atoms with van der Waals surface area (Å²) in [4.78, 5) is 0. The van der Waals surface area contributed by atoms with Crippen LogP contribution < -0.4 is 5.73 Å². The monoisotopic (exact) mass is 181 g/mol. The number of aromatic nitrogens is 2. The molecule has 0 amide bonds. The summed E-state index contributed by atoms with van der Waals surface area (Å²) >= 11 is 0. The van der Waals surface area contributed by atoms with Crippen molar-refractivity contribution in [3.8, 4) is 0 Å². The number of rotatable bonds is 3. The van der Waals surface area contributed by atoms with Crippen molar-refractivity contribution < 1.29 is 4.74 Å². The van der Waals surface area contributed by atoms with E-state index in [1.807, 2.05) is 17.1 Å². The zero-order valence-electron chi connectivity index (χ0n) is 7.86. The predicted molar refractivity (Wildman–Crippen MR) is 49.0 cm³/mol. The molecular formula is C9H15N3O. The third-order valence-electron chi connectivity index (χ3n) is 2.37. The molecular weight excluding hydrogens is 166 g/mol. The number of hydrogen-bond donors (Lipinski definition) is 1. The minimum Gasteiger partial charge on any atom is -0.380 e. The van der Waals surface area contributed by atoms with E-state index in [-0.39, 0.29) is 5.41 Å². The lowest BCUT2D eigenvalue weighted by molar-refractivity contribution is -0.111. The van der Waals surface area contributed by atoms with Gasteiger partial charge in [0.25, 0.3) is 0 Å². The average Bonchev–Trinajstić information content (AvgIpc) is 2.49. The highest BCUT2D eigenvalue weighted by Gasteiger charge is 2.33. The summed E-state index contributed by atoms with van der Waals surface area (Å²) in [6.45, 7) is 5.37. The Balaban J connectivity index is 2.01. The maximum Gasteiger partial charge on any atom is 0.0560 e. The normalized spacial score (nSPS) is 19.8. The molecule has 0 atom stereocenters. The number of nitrogens with zero attached hydrogens (tertiary/aromatic N) is 2. The van der Waals surface area contributed by atoms with Crippen molar-refractivity contribution in [1.82, 2.24) is 9.78 Å². The summed E-state index contributed by atoms with van der Waals surface area (Å²) in [5.41, 5.74) is 6.86. The Hall–Kier alpha value is -0.870. The highest BCUT2D eigenvalue weighted by molar-refractivity contribution is 5.03. The van der Waals surface area contributed by atoms with Gasteiger partial charge in [-0.15, -0.1) is 0 Å². The molecule has 1 aromatic rings. The molecule has 1 aliphatic rings. The van der Waals surface area contributed by atoms with Gasteiger partial charge in [-0.3, -0.25) is 4.68 Å². The molecule has 0 bridgehead atoms. The maximum atomic E-state index is 5.50. The van der Waals surface area contributed by atoms with Crippen LogP contribution in [0.5, 0.6) is 0 Å². The predicted octanol–water partition coefficient (Wildman–Crippen LogP) is 0.378. The van der Waals surface area contributed by atoms with E-state index in [2.05, 4.69) is 12.0 Å². The largest absolute Gasteiger partial charge is 0.380 e. The second-order valence-corrected chi connectivity index (χ2v) is 4.05. The number of nitrogens with two attached hydrogens (primary N) is 1. The van der Waals surface area contributed by atoms with Crippen molar-refractivity contribution >= 4 is 0 Å². The average molecular weight is 181 g/mol. The summed E-state index contributed by atoms with van der Waals surface area (Å²) < 4.78 is 7.13. The van der Waals surface area contributed by atoms with Crippen molar-refractivity contribution in [3.05, 3.63) is 18.0 Å². The van der Waals surface area contributed by atoms with Crippen LogP contribution in [0, 0.1) is 5.41 Å². The summed E-state index contributed by atoms with van der Waals surface area (Å²) in [5.74, 6) is 0. The fourth-order valence-corrected chi connectivity index (χ4v) is 1.53. The SMILES string of the molecule is CC1(Cn2cc(CN)cn2)COC1. The molecule has 72 valence electrons. The fourth-order valence-electron chi connectivity index (χ4n) is 1.53. The molecule has 0 radical (unpaired) electrons. The molecule has 13 heavy (non-hydrogen) atoms. The van der Waals surface area contributed by atoms with E-state index in [4.69, 9.17) is 10.5 Å². The second kappa shape index (κ2) is 3.12. The van der Waals surface area contributed by atoms with Gasteiger partial charge in [-0.25, -0.2) is 0 Å². The fraction of sp³-hybridized carbons (Fsp3) is 0.667. The zero-order valence-corrected chi connectivity index (χ0v) is 7.86. The van der Waals surface area contributed by atoms with E-state index in [0.29, 0.717) is 6.54 Å². The maximum absolute atomic E-state index is 5.50. The Morgan fingerprint density at radius 1 is 1.69 bits per heavy atom. The van der Waals surface area contributed by atoms with E-state index in [9.17, 15) is 0 Å². The first-order valence-electron chi connectivity index (χ1n) is 4.51. The minimum atomic E-state index is 0.276. The van der Waals surface area contributed by atoms with Gasteiger partial charge in [0, 0.05) is 23.7 Å². The Labute approximate surface area is 77.7 Å². The highest BCUT2D eigenvalue weighted by atomic mass is 16.5. The van der Waals surface area contributed by atoms with Crippen molar-refractivity contribution in [2.75, 3.05) is 13.2 Å². The highest BCUT2D eigenvalue weighted by Crippen LogP contribution is 2.28. The van der Waals surface area contributed by atoms with Crippen molar-refractivity contribution in [2.24, 2.45) is 11.1 Å². The Morgan fingerprint density at radius 2 is 2.46 bits per heavy atom. The quantitative estimate of drug-likeness (QED) is 0.733. The molecule has 2 heterocycles. The van der Waals surface area contributed by atoms with Crippen LogP contribution in [0.25, 0.3) is 0 Å². The van der Waals surface area contributed by atoms with Crippen LogP contribution in [0.4, 0.5) is 0 Å². The minimum absolute atomic E-state index is 0.276. The van der Waals surface area contributed by atoms with Gasteiger partial charge in [0.2, 0.25) is 0 Å². The van der Waals surface area contributed by atoms with Crippen LogP contribution in [0.15, 0.2) is 12.4 Å². The first-order chi connectivity index (χ1) is 6.22. The van der Waals surface area contributed by atoms with E-state index >= 15 is 0 Å². The molecule has 0 unspecified atom stereocenters. The van der Waals surface area contributed by atoms with Crippen LogP contribution in [0.3, 0.4) is 0 Å². The molecule has 0 aliphatic carbocycles. The Morgan fingerprint density at radius 3 is 2.92 bits per heavy atom. The Kier molecular flexibility index (Phi) is 2.09. The van der Waals surface area contributed by atoms with Crippen LogP contribution in [-0.2, 0) is 17.8 Å². The molecule has 0 aromatic carbocycles. The Bertz CT molecular complexity index is 291. The smallest absolute Gasteiger partial charge is 0.0560 e. The summed E-state index contributed by atoms with van der Waals surface area (Å²) in [5, 5.41) is 4.24. The van der Waals surface area contributed by atoms with Gasteiger partial charge in [0.1, 0.15) is 0 Å². The molecule has 1 saturated heterocycles. The van der Waals surface area contributed by atoms with Gasteiger partial charge in [-0.2, -0.15) is 5.10 Å². The lowest BCUT2D eigenvalue weighted by Crippen LogP contribution is -2.43. The van der Waals surface area contributed by atoms with Gasteiger partial charge in [0.05, 0.1) is 26.0 Å². The standard InChI is InChI=1S/C9H15N3O/c1-9(6-13-7-9)5-12-4-8(2-10)3-11-12/h3-4H,2,5-7,10H2,1H3. The van der Waals surface area contributed by atoms with E-state index in [0.717, 1.165) is 25.3 Å². The summed E-state index contributed by atoms with van der Waals surface area (Å²) in [6, 6.07) is 0. The van der Waals surface area contributed by atoms with Crippen LogP contribution in [0.2, 0.25) is 0 Å². The molecule has 4 heteroatoms. The van der Waals surface area contributed by atoms with Gasteiger partial charge in [-0.05, 0) is 0 Å². The molecule has 2 rings (SSSR count). The molecule has 0 saturated carbocycles. The van der Waals surface area contributed by atoms with Gasteiger partial charge in [0.15, 0.2) is 0 Å². The third-order valence-corrected chi connectivity index (χ3v) is 2.37. The molecule has 2 N–H and O–H groups in total. The van der Waals surface area contributed by atoms with Crippen molar-refractivity contribution in [3.63, 3.8) is 0 Å². The van der Waals surface area contributed by atoms with Gasteiger partial charge < -0.3 is 10.5 Å². The molecule has 1 fully saturated rings. The molecule has 1 aliphatic heterocycles. The van der Waals surface area contributed by atoms with E-state index in [1.165, 1.54) is 0 Å². The topological polar surface area (TPSA) is 53.1 Å².